The van der Waals surface area contributed by atoms with Gasteiger partial charge in [0.15, 0.2) is 0 Å². The number of aromatic nitrogens is 1. The van der Waals surface area contributed by atoms with E-state index in [2.05, 4.69) is 11.1 Å². The van der Waals surface area contributed by atoms with Crippen LogP contribution < -0.4 is 10.6 Å². The number of nitrogens with zero attached hydrogens (tertiary/aromatic N) is 1. The highest BCUT2D eigenvalue weighted by atomic mass is 16.2. The molecule has 3 N–H and O–H groups in total. The Morgan fingerprint density at radius 3 is 2.90 bits per heavy atom. The summed E-state index contributed by atoms with van der Waals surface area (Å²) in [7, 11) is 0. The van der Waals surface area contributed by atoms with Gasteiger partial charge in [0, 0.05) is 28.8 Å². The first kappa shape index (κ1) is 12.0. The molecular weight excluding hydrogens is 262 g/mol. The maximum Gasteiger partial charge on any atom is 0.274 e. The fourth-order valence-electron chi connectivity index (χ4n) is 2.96. The first-order valence-corrected chi connectivity index (χ1v) is 7.00. The van der Waals surface area contributed by atoms with E-state index in [9.17, 15) is 4.79 Å². The number of nitrogens with two attached hydrogens (primary N) is 1. The standard InChI is InChI=1S/C17H15N3O/c18-13-5-6-14-12(9-13)10-15(19-14)17(21)20-8-7-11-3-1-2-4-16(11)20/h1-6,9-10,19H,7-8,18H2. The quantitative estimate of drug-likeness (QED) is 0.672. The van der Waals surface area contributed by atoms with Crippen LogP contribution in [0.25, 0.3) is 10.9 Å². The van der Waals surface area contributed by atoms with Crippen LogP contribution in [0.5, 0.6) is 0 Å². The minimum Gasteiger partial charge on any atom is -0.399 e. The van der Waals surface area contributed by atoms with E-state index < -0.39 is 0 Å². The van der Waals surface area contributed by atoms with Gasteiger partial charge in [-0.25, -0.2) is 0 Å². The molecule has 0 fully saturated rings. The van der Waals surface area contributed by atoms with E-state index in [4.69, 9.17) is 5.73 Å². The molecule has 0 unspecified atom stereocenters. The lowest BCUT2D eigenvalue weighted by Crippen LogP contribution is -2.29. The third-order valence-electron chi connectivity index (χ3n) is 4.01. The van der Waals surface area contributed by atoms with Crippen molar-refractivity contribution >= 4 is 28.2 Å². The van der Waals surface area contributed by atoms with Gasteiger partial charge in [-0.3, -0.25) is 4.79 Å². The molecule has 0 radical (unpaired) electrons. The molecule has 4 nitrogen and oxygen atoms in total. The molecule has 0 aliphatic carbocycles. The Kier molecular flexibility index (Phi) is 2.51. The van der Waals surface area contributed by atoms with Gasteiger partial charge in [0.05, 0.1) is 0 Å². The second-order valence-corrected chi connectivity index (χ2v) is 5.37. The molecule has 1 aliphatic rings. The van der Waals surface area contributed by atoms with E-state index in [0.717, 1.165) is 29.6 Å². The van der Waals surface area contributed by atoms with Crippen LogP contribution in [-0.2, 0) is 6.42 Å². The number of anilines is 2. The van der Waals surface area contributed by atoms with Crippen LogP contribution in [0.2, 0.25) is 0 Å². The minimum atomic E-state index is 0.00900. The number of H-pyrrole nitrogens is 1. The molecule has 1 aromatic heterocycles. The van der Waals surface area contributed by atoms with Crippen LogP contribution in [0.4, 0.5) is 11.4 Å². The zero-order valence-corrected chi connectivity index (χ0v) is 11.5. The second-order valence-electron chi connectivity index (χ2n) is 5.37. The minimum absolute atomic E-state index is 0.00900. The van der Waals surface area contributed by atoms with Gasteiger partial charge in [0.2, 0.25) is 0 Å². The summed E-state index contributed by atoms with van der Waals surface area (Å²) >= 11 is 0. The summed E-state index contributed by atoms with van der Waals surface area (Å²) < 4.78 is 0. The molecule has 0 bridgehead atoms. The Balaban J connectivity index is 1.74. The normalized spacial score (nSPS) is 13.6. The number of carbonyl (C=O) groups excluding carboxylic acids is 1. The highest BCUT2D eigenvalue weighted by Crippen LogP contribution is 2.29. The lowest BCUT2D eigenvalue weighted by Gasteiger charge is -2.16. The highest BCUT2D eigenvalue weighted by molar-refractivity contribution is 6.08. The number of benzene rings is 2. The maximum absolute atomic E-state index is 12.7. The predicted molar refractivity (Wildman–Crippen MR) is 84.5 cm³/mol. The zero-order chi connectivity index (χ0) is 14.4. The van der Waals surface area contributed by atoms with Crippen LogP contribution in [0, 0.1) is 0 Å². The fourth-order valence-corrected chi connectivity index (χ4v) is 2.96. The average Bonchev–Trinajstić information content (AvgIpc) is 3.09. The molecule has 4 heteroatoms. The number of aromatic amines is 1. The molecule has 21 heavy (non-hydrogen) atoms. The molecule has 3 aromatic rings. The Morgan fingerprint density at radius 1 is 1.14 bits per heavy atom. The molecule has 2 aromatic carbocycles. The van der Waals surface area contributed by atoms with Crippen molar-refractivity contribution in [1.82, 2.24) is 4.98 Å². The van der Waals surface area contributed by atoms with Gasteiger partial charge in [0.25, 0.3) is 5.91 Å². The summed E-state index contributed by atoms with van der Waals surface area (Å²) in [6, 6.07) is 15.5. The Labute approximate surface area is 122 Å². The maximum atomic E-state index is 12.7. The van der Waals surface area contributed by atoms with Crippen LogP contribution >= 0.6 is 0 Å². The van der Waals surface area contributed by atoms with Crippen molar-refractivity contribution in [2.75, 3.05) is 17.2 Å². The molecule has 2 heterocycles. The molecule has 0 saturated heterocycles. The molecular formula is C17H15N3O. The van der Waals surface area contributed by atoms with Gasteiger partial charge in [-0.15, -0.1) is 0 Å². The first-order chi connectivity index (χ1) is 10.2. The summed E-state index contributed by atoms with van der Waals surface area (Å²) in [6.45, 7) is 0.732. The monoisotopic (exact) mass is 277 g/mol. The lowest BCUT2D eigenvalue weighted by atomic mass is 10.2. The number of para-hydroxylation sites is 1. The number of nitrogens with one attached hydrogen (secondary N) is 1. The van der Waals surface area contributed by atoms with Gasteiger partial charge in [-0.05, 0) is 42.3 Å². The number of hydrogen-bond acceptors (Lipinski definition) is 2. The number of fused-ring (bicyclic) bond motifs is 2. The average molecular weight is 277 g/mol. The van der Waals surface area contributed by atoms with E-state index in [-0.39, 0.29) is 5.91 Å². The summed E-state index contributed by atoms with van der Waals surface area (Å²) in [6.07, 6.45) is 0.912. The van der Waals surface area contributed by atoms with E-state index in [1.165, 1.54) is 5.56 Å². The number of carbonyl (C=O) groups is 1. The number of rotatable bonds is 1. The summed E-state index contributed by atoms with van der Waals surface area (Å²) in [4.78, 5) is 17.7. The highest BCUT2D eigenvalue weighted by Gasteiger charge is 2.26. The third-order valence-corrected chi connectivity index (χ3v) is 4.01. The molecule has 1 amide bonds. The Hall–Kier alpha value is -2.75. The molecule has 0 atom stereocenters. The van der Waals surface area contributed by atoms with Gasteiger partial charge < -0.3 is 15.6 Å². The Bertz CT molecular complexity index is 850. The van der Waals surface area contributed by atoms with Crippen molar-refractivity contribution < 1.29 is 4.79 Å². The second kappa shape index (κ2) is 4.38. The Morgan fingerprint density at radius 2 is 2.00 bits per heavy atom. The van der Waals surface area contributed by atoms with Crippen LogP contribution in [-0.4, -0.2) is 17.4 Å². The van der Waals surface area contributed by atoms with Gasteiger partial charge in [-0.1, -0.05) is 18.2 Å². The van der Waals surface area contributed by atoms with Crippen molar-refractivity contribution in [1.29, 1.82) is 0 Å². The van der Waals surface area contributed by atoms with Crippen LogP contribution in [0.3, 0.4) is 0 Å². The molecule has 1 aliphatic heterocycles. The van der Waals surface area contributed by atoms with E-state index >= 15 is 0 Å². The fraction of sp³-hybridized carbons (Fsp3) is 0.118. The lowest BCUT2D eigenvalue weighted by molar-refractivity contribution is 0.0985. The number of hydrogen-bond donors (Lipinski definition) is 2. The van der Waals surface area contributed by atoms with Crippen molar-refractivity contribution in [3.63, 3.8) is 0 Å². The van der Waals surface area contributed by atoms with Crippen molar-refractivity contribution in [2.24, 2.45) is 0 Å². The van der Waals surface area contributed by atoms with E-state index in [0.29, 0.717) is 11.4 Å². The van der Waals surface area contributed by atoms with Crippen molar-refractivity contribution in [2.45, 2.75) is 6.42 Å². The predicted octanol–water partition coefficient (Wildman–Crippen LogP) is 2.95. The third kappa shape index (κ3) is 1.88. The van der Waals surface area contributed by atoms with Gasteiger partial charge in [-0.2, -0.15) is 0 Å². The van der Waals surface area contributed by atoms with Crippen LogP contribution in [0.1, 0.15) is 16.1 Å². The SMILES string of the molecule is Nc1ccc2[nH]c(C(=O)N3CCc4ccccc43)cc2c1. The van der Waals surface area contributed by atoms with Crippen LogP contribution in [0.15, 0.2) is 48.5 Å². The smallest absolute Gasteiger partial charge is 0.274 e. The molecule has 104 valence electrons. The zero-order valence-electron chi connectivity index (χ0n) is 11.5. The van der Waals surface area contributed by atoms with Crippen molar-refractivity contribution in [3.05, 3.63) is 59.8 Å². The largest absolute Gasteiger partial charge is 0.399 e. The first-order valence-electron chi connectivity index (χ1n) is 7.00. The molecule has 4 rings (SSSR count). The molecule has 0 spiro atoms. The topological polar surface area (TPSA) is 62.1 Å². The number of amides is 1. The summed E-state index contributed by atoms with van der Waals surface area (Å²) in [5.41, 5.74) is 10.3. The molecule has 0 saturated carbocycles. The van der Waals surface area contributed by atoms with Crippen molar-refractivity contribution in [3.8, 4) is 0 Å². The summed E-state index contributed by atoms with van der Waals surface area (Å²) in [5, 5.41) is 0.964. The van der Waals surface area contributed by atoms with E-state index in [1.807, 2.05) is 47.4 Å². The van der Waals surface area contributed by atoms with Gasteiger partial charge in [0.1, 0.15) is 5.69 Å². The summed E-state index contributed by atoms with van der Waals surface area (Å²) in [5.74, 6) is 0.00900. The van der Waals surface area contributed by atoms with Gasteiger partial charge >= 0.3 is 0 Å². The van der Waals surface area contributed by atoms with E-state index in [1.54, 1.807) is 0 Å². The number of nitrogen functional groups attached to an aromatic ring is 1.